The van der Waals surface area contributed by atoms with E-state index in [1.165, 1.54) is 6.07 Å². The first-order chi connectivity index (χ1) is 13.1. The molecule has 0 bridgehead atoms. The molecule has 4 rings (SSSR count). The van der Waals surface area contributed by atoms with Crippen molar-refractivity contribution in [2.75, 3.05) is 6.79 Å². The number of aromatic nitrogens is 3. The van der Waals surface area contributed by atoms with E-state index in [9.17, 15) is 4.79 Å². The predicted octanol–water partition coefficient (Wildman–Crippen LogP) is 3.08. The van der Waals surface area contributed by atoms with E-state index in [0.717, 1.165) is 0 Å². The Hall–Kier alpha value is -3.70. The molecule has 0 radical (unpaired) electrons. The number of para-hydroxylation sites is 1. The normalized spacial score (nSPS) is 11.6. The van der Waals surface area contributed by atoms with Crippen LogP contribution in [-0.4, -0.2) is 33.3 Å². The van der Waals surface area contributed by atoms with E-state index in [4.69, 9.17) is 30.9 Å². The summed E-state index contributed by atoms with van der Waals surface area (Å²) in [5, 5.41) is 18.7. The van der Waals surface area contributed by atoms with Crippen LogP contribution >= 0.6 is 11.6 Å². The average molecular weight is 384 g/mol. The fraction of sp³-hybridized carbons (Fsp3) is 0.0556. The van der Waals surface area contributed by atoms with E-state index < -0.39 is 5.97 Å². The zero-order chi connectivity index (χ0) is 18.8. The summed E-state index contributed by atoms with van der Waals surface area (Å²) in [7, 11) is 0. The lowest BCUT2D eigenvalue weighted by molar-refractivity contribution is 0.0687. The van der Waals surface area contributed by atoms with E-state index in [1.54, 1.807) is 18.2 Å². The lowest BCUT2D eigenvalue weighted by Gasteiger charge is -2.05. The summed E-state index contributed by atoms with van der Waals surface area (Å²) in [6.45, 7) is 0.160. The van der Waals surface area contributed by atoms with Gasteiger partial charge < -0.3 is 19.3 Å². The number of aromatic amines is 1. The van der Waals surface area contributed by atoms with Crippen molar-refractivity contribution >= 4 is 17.6 Å². The number of carboxylic acid groups (broad SMARTS) is 1. The molecule has 0 fully saturated rings. The van der Waals surface area contributed by atoms with Gasteiger partial charge in [-0.25, -0.2) is 9.89 Å². The summed E-state index contributed by atoms with van der Waals surface area (Å²) in [5.41, 5.74) is 0.913. The summed E-state index contributed by atoms with van der Waals surface area (Å²) in [6.07, 6.45) is 0. The number of hydrogen-bond acceptors (Lipinski definition) is 6. The van der Waals surface area contributed by atoms with E-state index in [2.05, 4.69) is 27.3 Å². The quantitative estimate of drug-likeness (QED) is 0.669. The molecule has 8 nitrogen and oxygen atoms in total. The Morgan fingerprint density at radius 3 is 3.00 bits per heavy atom. The number of benzene rings is 2. The highest BCUT2D eigenvalue weighted by Crippen LogP contribution is 2.34. The van der Waals surface area contributed by atoms with Gasteiger partial charge >= 0.3 is 5.97 Å². The Morgan fingerprint density at radius 1 is 1.26 bits per heavy atom. The minimum atomic E-state index is -1.26. The van der Waals surface area contributed by atoms with Gasteiger partial charge in [-0.15, -0.1) is 5.10 Å². The van der Waals surface area contributed by atoms with Gasteiger partial charge in [-0.05, 0) is 30.3 Å². The molecule has 0 amide bonds. The molecule has 1 aliphatic rings. The fourth-order valence-electron chi connectivity index (χ4n) is 2.41. The number of ether oxygens (including phenoxy) is 3. The fourth-order valence-corrected chi connectivity index (χ4v) is 2.63. The van der Waals surface area contributed by atoms with Gasteiger partial charge in [-0.3, -0.25) is 0 Å². The second-order valence-electron chi connectivity index (χ2n) is 5.36. The van der Waals surface area contributed by atoms with Gasteiger partial charge in [0.2, 0.25) is 12.5 Å². The smallest absolute Gasteiger partial charge is 0.362 e. The van der Waals surface area contributed by atoms with Crippen LogP contribution in [0.15, 0.2) is 36.4 Å². The maximum absolute atomic E-state index is 11.1. The summed E-state index contributed by atoms with van der Waals surface area (Å²) >= 11 is 6.12. The maximum Gasteiger partial charge on any atom is 0.362 e. The number of hydrogen-bond donors (Lipinski definition) is 2. The topological polar surface area (TPSA) is 107 Å². The van der Waals surface area contributed by atoms with Crippen molar-refractivity contribution in [3.05, 3.63) is 58.2 Å². The molecule has 2 N–H and O–H groups in total. The number of nitrogens with zero attached hydrogens (tertiary/aromatic N) is 2. The predicted molar refractivity (Wildman–Crippen MR) is 93.4 cm³/mol. The van der Waals surface area contributed by atoms with Crippen molar-refractivity contribution in [3.8, 4) is 35.0 Å². The third-order valence-corrected chi connectivity index (χ3v) is 3.77. The molecule has 0 spiro atoms. The number of nitrogens with one attached hydrogen (secondary N) is 1. The summed E-state index contributed by atoms with van der Waals surface area (Å²) < 4.78 is 16.2. The first-order valence-electron chi connectivity index (χ1n) is 7.63. The third kappa shape index (κ3) is 3.49. The summed E-state index contributed by atoms with van der Waals surface area (Å²) in [5.74, 6) is 6.15. The molecule has 1 aliphatic heterocycles. The number of fused-ring (bicyclic) bond motifs is 1. The van der Waals surface area contributed by atoms with E-state index in [1.807, 2.05) is 12.1 Å². The number of rotatable bonds is 3. The van der Waals surface area contributed by atoms with Gasteiger partial charge in [0, 0.05) is 10.6 Å². The van der Waals surface area contributed by atoms with Crippen LogP contribution in [0.2, 0.25) is 5.02 Å². The molecule has 9 heteroatoms. The largest absolute Gasteiger partial charge is 0.476 e. The Labute approximate surface area is 157 Å². The summed E-state index contributed by atoms with van der Waals surface area (Å²) in [6, 6.07) is 10.2. The van der Waals surface area contributed by atoms with Gasteiger partial charge in [0.15, 0.2) is 11.5 Å². The molecule has 0 unspecified atom stereocenters. The van der Waals surface area contributed by atoms with Crippen LogP contribution in [0, 0.1) is 11.8 Å². The summed E-state index contributed by atoms with van der Waals surface area (Å²) in [4.78, 5) is 11.1. The first kappa shape index (κ1) is 16.8. The van der Waals surface area contributed by atoms with Crippen LogP contribution in [0.25, 0.3) is 0 Å². The lowest BCUT2D eigenvalue weighted by atomic mass is 10.1. The second-order valence-corrected chi connectivity index (χ2v) is 5.80. The molecular formula is C18H10ClN3O5. The van der Waals surface area contributed by atoms with Crippen LogP contribution in [0.4, 0.5) is 0 Å². The third-order valence-electron chi connectivity index (χ3n) is 3.55. The number of carboxylic acids is 1. The van der Waals surface area contributed by atoms with Crippen LogP contribution in [0.1, 0.15) is 21.6 Å². The molecular weight excluding hydrogens is 374 g/mol. The number of carbonyl (C=O) groups is 1. The van der Waals surface area contributed by atoms with E-state index in [-0.39, 0.29) is 18.4 Å². The Kier molecular flexibility index (Phi) is 4.28. The van der Waals surface area contributed by atoms with Crippen molar-refractivity contribution in [1.82, 2.24) is 15.4 Å². The first-order valence-corrected chi connectivity index (χ1v) is 8.01. The highest BCUT2D eigenvalue weighted by atomic mass is 35.5. The zero-order valence-electron chi connectivity index (χ0n) is 13.5. The molecule has 134 valence electrons. The number of halogens is 1. The molecule has 2 aromatic carbocycles. The van der Waals surface area contributed by atoms with Crippen molar-refractivity contribution in [3.63, 3.8) is 0 Å². The molecule has 3 aromatic rings. The average Bonchev–Trinajstić information content (AvgIpc) is 3.28. The molecule has 0 atom stereocenters. The molecule has 2 heterocycles. The number of aromatic carboxylic acids is 1. The Morgan fingerprint density at radius 2 is 2.15 bits per heavy atom. The number of H-pyrrole nitrogens is 1. The van der Waals surface area contributed by atoms with Crippen LogP contribution in [0.3, 0.4) is 0 Å². The molecule has 0 aliphatic carbocycles. The molecule has 27 heavy (non-hydrogen) atoms. The maximum atomic E-state index is 11.1. The van der Waals surface area contributed by atoms with Crippen LogP contribution in [0.5, 0.6) is 23.1 Å². The van der Waals surface area contributed by atoms with Crippen LogP contribution in [-0.2, 0) is 0 Å². The van der Waals surface area contributed by atoms with Crippen molar-refractivity contribution in [2.24, 2.45) is 0 Å². The molecule has 0 saturated heterocycles. The van der Waals surface area contributed by atoms with Crippen molar-refractivity contribution in [2.45, 2.75) is 0 Å². The Bertz CT molecular complexity index is 1100. The standard InChI is InChI=1S/C18H10ClN3O5/c19-12-6-10(4-5-11-2-1-3-14-16(11)26-9-25-14)7-13(8-12)27-17-15(18(23)24)20-22-21-17/h1-3,6-8H,9H2,(H,23,24)(H,20,21,22). The van der Waals surface area contributed by atoms with Gasteiger partial charge in [-0.1, -0.05) is 34.7 Å². The van der Waals surface area contributed by atoms with Gasteiger partial charge in [0.1, 0.15) is 5.75 Å². The molecule has 0 saturated carbocycles. The van der Waals surface area contributed by atoms with Gasteiger partial charge in [-0.2, -0.15) is 0 Å². The van der Waals surface area contributed by atoms with Gasteiger partial charge in [0.05, 0.1) is 5.56 Å². The highest BCUT2D eigenvalue weighted by molar-refractivity contribution is 6.30. The lowest BCUT2D eigenvalue weighted by Crippen LogP contribution is -1.99. The molecule has 1 aromatic heterocycles. The SMILES string of the molecule is O=C(O)c1nn[nH]c1Oc1cc(Cl)cc(C#Cc2cccc3c2OCO3)c1. The Balaban J connectivity index is 1.63. The van der Waals surface area contributed by atoms with Crippen LogP contribution < -0.4 is 14.2 Å². The monoisotopic (exact) mass is 383 g/mol. The minimum Gasteiger partial charge on any atom is -0.476 e. The minimum absolute atomic E-state index is 0.102. The zero-order valence-corrected chi connectivity index (χ0v) is 14.3. The van der Waals surface area contributed by atoms with Gasteiger partial charge in [0.25, 0.3) is 5.88 Å². The highest BCUT2D eigenvalue weighted by Gasteiger charge is 2.17. The second kappa shape index (κ2) is 6.90. The van der Waals surface area contributed by atoms with Crippen molar-refractivity contribution < 1.29 is 24.1 Å². The van der Waals surface area contributed by atoms with Crippen molar-refractivity contribution in [1.29, 1.82) is 0 Å². The van der Waals surface area contributed by atoms with E-state index >= 15 is 0 Å². The van der Waals surface area contributed by atoms with E-state index in [0.29, 0.717) is 33.4 Å².